The highest BCUT2D eigenvalue weighted by molar-refractivity contribution is 5.94. The maximum atomic E-state index is 12.8. The van der Waals surface area contributed by atoms with Crippen LogP contribution in [-0.2, 0) is 0 Å². The van der Waals surface area contributed by atoms with Crippen molar-refractivity contribution >= 4 is 11.8 Å². The largest absolute Gasteiger partial charge is 0.326 e. The molecule has 1 aliphatic heterocycles. The number of halogens is 1. The fourth-order valence-corrected chi connectivity index (χ4v) is 2.37. The molecule has 2 amide bonds. The van der Waals surface area contributed by atoms with E-state index in [1.54, 1.807) is 35.2 Å². The van der Waals surface area contributed by atoms with Gasteiger partial charge in [0, 0.05) is 12.6 Å². The lowest BCUT2D eigenvalue weighted by Gasteiger charge is -2.24. The third-order valence-electron chi connectivity index (χ3n) is 4.06. The number of likely N-dealkylation sites (N-methyl/N-ethyl adjacent to an activating group) is 1. The Labute approximate surface area is 140 Å². The summed E-state index contributed by atoms with van der Waals surface area (Å²) in [5.41, 5.74) is 0.933. The average Bonchev–Trinajstić information content (AvgIpc) is 2.78. The number of hydrogen-bond acceptors (Lipinski definition) is 3. The first-order valence-corrected chi connectivity index (χ1v) is 7.52. The van der Waals surface area contributed by atoms with E-state index in [-0.39, 0.29) is 17.4 Å². The number of benzene rings is 1. The zero-order valence-electron chi connectivity index (χ0n) is 13.7. The Morgan fingerprint density at radius 3 is 2.38 bits per heavy atom. The van der Waals surface area contributed by atoms with E-state index in [4.69, 9.17) is 0 Å². The second kappa shape index (κ2) is 5.93. The molecule has 1 saturated heterocycles. The number of anilines is 1. The summed E-state index contributed by atoms with van der Waals surface area (Å²) < 4.78 is 12.8. The van der Waals surface area contributed by atoms with Crippen LogP contribution < -0.4 is 4.90 Å². The summed E-state index contributed by atoms with van der Waals surface area (Å²) in [6.45, 7) is 4.55. The first kappa shape index (κ1) is 15.9. The molecule has 5 nitrogen and oxygen atoms in total. The molecule has 0 bridgehead atoms. The molecule has 1 fully saturated rings. The lowest BCUT2D eigenvalue weighted by Crippen LogP contribution is -2.38. The summed E-state index contributed by atoms with van der Waals surface area (Å²) in [7, 11) is 1.78. The van der Waals surface area contributed by atoms with Crippen LogP contribution in [0, 0.1) is 17.7 Å². The van der Waals surface area contributed by atoms with Gasteiger partial charge in [0.05, 0.1) is 24.5 Å². The summed E-state index contributed by atoms with van der Waals surface area (Å²) in [5.74, 6) is 5.98. The second-order valence-corrected chi connectivity index (χ2v) is 6.26. The van der Waals surface area contributed by atoms with Crippen LogP contribution in [0.2, 0.25) is 0 Å². The zero-order chi connectivity index (χ0) is 17.3. The van der Waals surface area contributed by atoms with Crippen LogP contribution in [0.3, 0.4) is 0 Å². The van der Waals surface area contributed by atoms with E-state index in [1.807, 2.05) is 13.8 Å². The molecule has 0 spiro atoms. The molecule has 0 radical (unpaired) electrons. The number of carbonyl (C=O) groups excluding carboxylic acids is 1. The number of hydrogen-bond donors (Lipinski definition) is 0. The first-order chi connectivity index (χ1) is 11.4. The number of rotatable bonds is 1. The van der Waals surface area contributed by atoms with Crippen molar-refractivity contribution in [2.45, 2.75) is 19.4 Å². The molecule has 0 saturated carbocycles. The van der Waals surface area contributed by atoms with Gasteiger partial charge in [-0.2, -0.15) is 0 Å². The summed E-state index contributed by atoms with van der Waals surface area (Å²) in [4.78, 5) is 24.1. The average molecular weight is 324 g/mol. The number of nitrogens with zero attached hydrogens (tertiary/aromatic N) is 4. The molecular weight excluding hydrogens is 307 g/mol. The minimum absolute atomic E-state index is 0.0977. The normalized spacial score (nSPS) is 16.1. The van der Waals surface area contributed by atoms with Crippen molar-refractivity contribution in [3.63, 3.8) is 0 Å². The Morgan fingerprint density at radius 1 is 1.12 bits per heavy atom. The van der Waals surface area contributed by atoms with Gasteiger partial charge in [-0.1, -0.05) is 5.92 Å². The van der Waals surface area contributed by atoms with Crippen molar-refractivity contribution in [1.82, 2.24) is 14.9 Å². The fourth-order valence-electron chi connectivity index (χ4n) is 2.37. The molecule has 1 aliphatic rings. The molecule has 0 aliphatic carbocycles. The van der Waals surface area contributed by atoms with Crippen molar-refractivity contribution < 1.29 is 9.18 Å². The highest BCUT2D eigenvalue weighted by atomic mass is 19.1. The van der Waals surface area contributed by atoms with Crippen LogP contribution in [0.5, 0.6) is 0 Å². The lowest BCUT2D eigenvalue weighted by molar-refractivity contribution is 0.198. The maximum absolute atomic E-state index is 12.8. The Hall–Kier alpha value is -2.94. The molecule has 2 heterocycles. The number of amides is 2. The van der Waals surface area contributed by atoms with Gasteiger partial charge in [0.1, 0.15) is 11.5 Å². The Bertz CT molecular complexity index is 819. The number of carbonyl (C=O) groups is 1. The van der Waals surface area contributed by atoms with Crippen LogP contribution in [-0.4, -0.2) is 40.0 Å². The summed E-state index contributed by atoms with van der Waals surface area (Å²) >= 11 is 0. The third-order valence-corrected chi connectivity index (χ3v) is 4.06. The van der Waals surface area contributed by atoms with Crippen LogP contribution in [0.25, 0.3) is 0 Å². The molecule has 6 heteroatoms. The molecule has 0 N–H and O–H groups in total. The van der Waals surface area contributed by atoms with Gasteiger partial charge in [-0.25, -0.2) is 19.2 Å². The van der Waals surface area contributed by atoms with E-state index < -0.39 is 0 Å². The van der Waals surface area contributed by atoms with E-state index in [0.29, 0.717) is 23.6 Å². The highest BCUT2D eigenvalue weighted by Crippen LogP contribution is 2.27. The summed E-state index contributed by atoms with van der Waals surface area (Å²) in [5, 5.41) is 0. The number of aromatic nitrogens is 2. The van der Waals surface area contributed by atoms with E-state index in [9.17, 15) is 9.18 Å². The van der Waals surface area contributed by atoms with Crippen molar-refractivity contribution in [1.29, 1.82) is 0 Å². The van der Waals surface area contributed by atoms with Crippen molar-refractivity contribution in [2.24, 2.45) is 0 Å². The quantitative estimate of drug-likeness (QED) is 0.758. The highest BCUT2D eigenvalue weighted by Gasteiger charge is 2.41. The molecule has 122 valence electrons. The molecule has 3 rings (SSSR count). The third kappa shape index (κ3) is 3.06. The van der Waals surface area contributed by atoms with Gasteiger partial charge in [-0.3, -0.25) is 4.90 Å². The monoisotopic (exact) mass is 324 g/mol. The van der Waals surface area contributed by atoms with Gasteiger partial charge in [0.2, 0.25) is 0 Å². The van der Waals surface area contributed by atoms with Crippen LogP contribution in [0.1, 0.15) is 25.1 Å². The van der Waals surface area contributed by atoms with E-state index in [1.165, 1.54) is 18.3 Å². The van der Waals surface area contributed by atoms with Gasteiger partial charge in [0.15, 0.2) is 5.82 Å². The Kier molecular flexibility index (Phi) is 3.94. The summed E-state index contributed by atoms with van der Waals surface area (Å²) in [6, 6.07) is 5.82. The predicted octanol–water partition coefficient (Wildman–Crippen LogP) is 2.67. The molecule has 2 aromatic rings. The second-order valence-electron chi connectivity index (χ2n) is 6.26. The van der Waals surface area contributed by atoms with Crippen LogP contribution in [0.4, 0.5) is 15.0 Å². The first-order valence-electron chi connectivity index (χ1n) is 7.52. The van der Waals surface area contributed by atoms with E-state index in [2.05, 4.69) is 21.8 Å². The predicted molar refractivity (Wildman–Crippen MR) is 89.0 cm³/mol. The van der Waals surface area contributed by atoms with Crippen LogP contribution in [0.15, 0.2) is 36.7 Å². The minimum atomic E-state index is -0.298. The van der Waals surface area contributed by atoms with Crippen molar-refractivity contribution in [3.05, 3.63) is 53.7 Å². The van der Waals surface area contributed by atoms with Crippen molar-refractivity contribution in [2.75, 3.05) is 18.5 Å². The summed E-state index contributed by atoms with van der Waals surface area (Å²) in [6.07, 6.45) is 3.08. The maximum Gasteiger partial charge on any atom is 0.326 e. The fraction of sp³-hybridized carbons (Fsp3) is 0.278. The zero-order valence-corrected chi connectivity index (χ0v) is 13.7. The van der Waals surface area contributed by atoms with Crippen molar-refractivity contribution in [3.8, 4) is 11.8 Å². The SMILES string of the molecule is CN1C(=O)N(c2cnc(C#Cc3ccc(F)cc3)cn2)CC1(C)C. The molecule has 0 atom stereocenters. The Balaban J connectivity index is 1.77. The molecule has 1 aromatic carbocycles. The van der Waals surface area contributed by atoms with Gasteiger partial charge in [0.25, 0.3) is 0 Å². The van der Waals surface area contributed by atoms with Gasteiger partial charge in [-0.15, -0.1) is 0 Å². The number of urea groups is 1. The van der Waals surface area contributed by atoms with Gasteiger partial charge in [-0.05, 0) is 44.0 Å². The van der Waals surface area contributed by atoms with Gasteiger partial charge < -0.3 is 4.90 Å². The lowest BCUT2D eigenvalue weighted by atomic mass is 10.1. The van der Waals surface area contributed by atoms with Gasteiger partial charge >= 0.3 is 6.03 Å². The molecule has 24 heavy (non-hydrogen) atoms. The van der Waals surface area contributed by atoms with E-state index >= 15 is 0 Å². The standard InChI is InChI=1S/C18H17FN4O/c1-18(2)12-23(17(24)22(18)3)16-11-20-15(10-21-16)9-6-13-4-7-14(19)8-5-13/h4-5,7-8,10-11H,12H2,1-3H3. The van der Waals surface area contributed by atoms with Crippen LogP contribution >= 0.6 is 0 Å². The minimum Gasteiger partial charge on any atom is -0.320 e. The molecule has 1 aromatic heterocycles. The molecule has 0 unspecified atom stereocenters. The van der Waals surface area contributed by atoms with E-state index in [0.717, 1.165) is 0 Å². The Morgan fingerprint density at radius 2 is 1.83 bits per heavy atom. The molecular formula is C18H17FN4O. The smallest absolute Gasteiger partial charge is 0.320 e. The topological polar surface area (TPSA) is 49.3 Å².